The summed E-state index contributed by atoms with van der Waals surface area (Å²) < 4.78 is 20.0. The Hall–Kier alpha value is -2.76. The Morgan fingerprint density at radius 2 is 0.864 bits per heavy atom. The molecule has 0 aromatic heterocycles. The van der Waals surface area contributed by atoms with Crippen molar-refractivity contribution in [1.29, 1.82) is 0 Å². The second kappa shape index (κ2) is 8.51. The van der Waals surface area contributed by atoms with Gasteiger partial charge in [0.15, 0.2) is 23.0 Å². The molecule has 0 amide bonds. The highest BCUT2D eigenvalue weighted by Crippen LogP contribution is 2.28. The van der Waals surface area contributed by atoms with E-state index in [0.29, 0.717) is 34.4 Å². The van der Waals surface area contributed by atoms with E-state index in [-0.39, 0.29) is 0 Å². The predicted octanol–water partition coefficient (Wildman–Crippen LogP) is 2.57. The van der Waals surface area contributed by atoms with Crippen molar-refractivity contribution in [3.05, 3.63) is 36.4 Å². The predicted molar refractivity (Wildman–Crippen MR) is 87.9 cm³/mol. The summed E-state index contributed by atoms with van der Waals surface area (Å²) in [7, 11) is 6.34. The van der Waals surface area contributed by atoms with Gasteiger partial charge >= 0.3 is 0 Å². The SMILES string of the molecule is COc1ccc(N)cc1OC.COc1ccc(N)cc1OC. The molecule has 22 heavy (non-hydrogen) atoms. The molecule has 0 spiro atoms. The maximum atomic E-state index is 5.52. The molecule has 0 saturated heterocycles. The fraction of sp³-hybridized carbons (Fsp3) is 0.250. The quantitative estimate of drug-likeness (QED) is 0.844. The molecule has 0 saturated carbocycles. The van der Waals surface area contributed by atoms with E-state index in [0.717, 1.165) is 0 Å². The van der Waals surface area contributed by atoms with Crippen LogP contribution in [0.25, 0.3) is 0 Å². The smallest absolute Gasteiger partial charge is 0.162 e. The van der Waals surface area contributed by atoms with Crippen LogP contribution < -0.4 is 30.4 Å². The van der Waals surface area contributed by atoms with Crippen LogP contribution in [-0.2, 0) is 0 Å². The fourth-order valence-corrected chi connectivity index (χ4v) is 1.71. The van der Waals surface area contributed by atoms with Gasteiger partial charge in [0.05, 0.1) is 28.4 Å². The zero-order valence-electron chi connectivity index (χ0n) is 13.3. The van der Waals surface area contributed by atoms with Crippen LogP contribution in [0.5, 0.6) is 23.0 Å². The van der Waals surface area contributed by atoms with Crippen molar-refractivity contribution in [2.45, 2.75) is 0 Å². The van der Waals surface area contributed by atoms with E-state index >= 15 is 0 Å². The molecule has 6 nitrogen and oxygen atoms in total. The Morgan fingerprint density at radius 1 is 0.545 bits per heavy atom. The van der Waals surface area contributed by atoms with Crippen LogP contribution in [0.4, 0.5) is 11.4 Å². The van der Waals surface area contributed by atoms with Gasteiger partial charge in [-0.1, -0.05) is 0 Å². The lowest BCUT2D eigenvalue weighted by Crippen LogP contribution is -1.92. The monoisotopic (exact) mass is 306 g/mol. The number of anilines is 2. The number of ether oxygens (including phenoxy) is 4. The number of nitrogens with two attached hydrogens (primary N) is 2. The largest absolute Gasteiger partial charge is 0.493 e. The molecule has 0 aliphatic heterocycles. The molecule has 0 radical (unpaired) electrons. The number of nitrogen functional groups attached to an aromatic ring is 2. The molecule has 0 heterocycles. The van der Waals surface area contributed by atoms with E-state index in [4.69, 9.17) is 30.4 Å². The van der Waals surface area contributed by atoms with E-state index in [9.17, 15) is 0 Å². The normalized spacial score (nSPS) is 9.27. The molecule has 2 aromatic rings. The molecule has 0 bridgehead atoms. The lowest BCUT2D eigenvalue weighted by molar-refractivity contribution is 0.355. The second-order valence-electron chi connectivity index (χ2n) is 4.23. The highest BCUT2D eigenvalue weighted by molar-refractivity contribution is 5.52. The van der Waals surface area contributed by atoms with Crippen molar-refractivity contribution in [2.75, 3.05) is 39.9 Å². The van der Waals surface area contributed by atoms with Gasteiger partial charge < -0.3 is 30.4 Å². The molecule has 0 atom stereocenters. The lowest BCUT2D eigenvalue weighted by Gasteiger charge is -2.06. The average Bonchev–Trinajstić information content (AvgIpc) is 2.55. The minimum Gasteiger partial charge on any atom is -0.493 e. The molecule has 120 valence electrons. The molecular formula is C16H22N2O4. The summed E-state index contributed by atoms with van der Waals surface area (Å²) in [6, 6.07) is 10.5. The van der Waals surface area contributed by atoms with Gasteiger partial charge in [0.25, 0.3) is 0 Å². The molecule has 6 heteroatoms. The third-order valence-electron chi connectivity index (χ3n) is 2.82. The summed E-state index contributed by atoms with van der Waals surface area (Å²) in [5.74, 6) is 2.71. The van der Waals surface area contributed by atoms with Crippen LogP contribution in [-0.4, -0.2) is 28.4 Å². The minimum atomic E-state index is 0.660. The Balaban J connectivity index is 0.000000220. The molecule has 2 aromatic carbocycles. The Bertz CT molecular complexity index is 549. The summed E-state index contributed by atoms with van der Waals surface area (Å²) in [5, 5.41) is 0. The number of methoxy groups -OCH3 is 4. The summed E-state index contributed by atoms with van der Waals surface area (Å²) in [6.45, 7) is 0. The first-order valence-electron chi connectivity index (χ1n) is 6.50. The Labute approximate surface area is 130 Å². The zero-order chi connectivity index (χ0) is 16.5. The average molecular weight is 306 g/mol. The van der Waals surface area contributed by atoms with Crippen LogP contribution in [0.1, 0.15) is 0 Å². The first-order chi connectivity index (χ1) is 10.5. The van der Waals surface area contributed by atoms with Crippen molar-refractivity contribution in [2.24, 2.45) is 0 Å². The summed E-state index contributed by atoms with van der Waals surface area (Å²) >= 11 is 0. The fourth-order valence-electron chi connectivity index (χ4n) is 1.71. The molecule has 2 rings (SSSR count). The van der Waals surface area contributed by atoms with Crippen molar-refractivity contribution in [3.63, 3.8) is 0 Å². The van der Waals surface area contributed by atoms with Gasteiger partial charge in [-0.2, -0.15) is 0 Å². The van der Waals surface area contributed by atoms with Crippen LogP contribution in [0.15, 0.2) is 36.4 Å². The van der Waals surface area contributed by atoms with E-state index in [2.05, 4.69) is 0 Å². The summed E-state index contributed by atoms with van der Waals surface area (Å²) in [4.78, 5) is 0. The maximum Gasteiger partial charge on any atom is 0.162 e. The maximum absolute atomic E-state index is 5.52. The lowest BCUT2D eigenvalue weighted by atomic mass is 10.3. The third kappa shape index (κ3) is 4.66. The van der Waals surface area contributed by atoms with Gasteiger partial charge in [-0.05, 0) is 24.3 Å². The highest BCUT2D eigenvalue weighted by atomic mass is 16.5. The Morgan fingerprint density at radius 3 is 1.14 bits per heavy atom. The highest BCUT2D eigenvalue weighted by Gasteiger charge is 2.01. The van der Waals surface area contributed by atoms with E-state index < -0.39 is 0 Å². The van der Waals surface area contributed by atoms with E-state index in [1.807, 2.05) is 0 Å². The van der Waals surface area contributed by atoms with Crippen molar-refractivity contribution in [1.82, 2.24) is 0 Å². The van der Waals surface area contributed by atoms with Crippen LogP contribution >= 0.6 is 0 Å². The standard InChI is InChI=1S/2C8H11NO2/c2*1-10-7-4-3-6(9)5-8(7)11-2/h2*3-5H,9H2,1-2H3. The van der Waals surface area contributed by atoms with Gasteiger partial charge in [-0.25, -0.2) is 0 Å². The molecule has 0 unspecified atom stereocenters. The van der Waals surface area contributed by atoms with E-state index in [1.165, 1.54) is 0 Å². The van der Waals surface area contributed by atoms with Gasteiger partial charge in [0, 0.05) is 23.5 Å². The van der Waals surface area contributed by atoms with Crippen LogP contribution in [0, 0.1) is 0 Å². The molecule has 0 fully saturated rings. The number of rotatable bonds is 4. The van der Waals surface area contributed by atoms with Crippen molar-refractivity contribution < 1.29 is 18.9 Å². The van der Waals surface area contributed by atoms with Crippen molar-refractivity contribution >= 4 is 11.4 Å². The first kappa shape index (κ1) is 17.3. The molecule has 4 N–H and O–H groups in total. The van der Waals surface area contributed by atoms with Gasteiger partial charge in [-0.3, -0.25) is 0 Å². The summed E-state index contributed by atoms with van der Waals surface area (Å²) in [6.07, 6.45) is 0. The number of hydrogen-bond acceptors (Lipinski definition) is 6. The first-order valence-corrected chi connectivity index (χ1v) is 6.50. The van der Waals surface area contributed by atoms with Gasteiger partial charge in [-0.15, -0.1) is 0 Å². The minimum absolute atomic E-state index is 0.660. The molecular weight excluding hydrogens is 284 g/mol. The second-order valence-corrected chi connectivity index (χ2v) is 4.23. The number of benzene rings is 2. The van der Waals surface area contributed by atoms with E-state index in [1.54, 1.807) is 64.8 Å². The Kier molecular flexibility index (Phi) is 6.69. The van der Waals surface area contributed by atoms with Crippen molar-refractivity contribution in [3.8, 4) is 23.0 Å². The molecule has 0 aliphatic rings. The van der Waals surface area contributed by atoms with Gasteiger partial charge in [0.2, 0.25) is 0 Å². The van der Waals surface area contributed by atoms with Gasteiger partial charge in [0.1, 0.15) is 0 Å². The summed E-state index contributed by atoms with van der Waals surface area (Å²) in [5.41, 5.74) is 12.4. The zero-order valence-corrected chi connectivity index (χ0v) is 13.3. The third-order valence-corrected chi connectivity index (χ3v) is 2.82. The molecule has 0 aliphatic carbocycles. The van der Waals surface area contributed by atoms with Crippen LogP contribution in [0.3, 0.4) is 0 Å². The van der Waals surface area contributed by atoms with Crippen LogP contribution in [0.2, 0.25) is 0 Å². The topological polar surface area (TPSA) is 89.0 Å². The number of hydrogen-bond donors (Lipinski definition) is 2.